The molecule has 1 saturated heterocycles. The summed E-state index contributed by atoms with van der Waals surface area (Å²) >= 11 is 2.14. The van der Waals surface area contributed by atoms with Crippen LogP contribution < -0.4 is 15.0 Å². The molecule has 3 aromatic carbocycles. The van der Waals surface area contributed by atoms with Gasteiger partial charge in [0.1, 0.15) is 17.1 Å². The monoisotopic (exact) mass is 598 g/mol. The number of imide groups is 2. The van der Waals surface area contributed by atoms with E-state index >= 15 is 0 Å². The van der Waals surface area contributed by atoms with Crippen LogP contribution in [0.3, 0.4) is 0 Å². The van der Waals surface area contributed by atoms with Crippen LogP contribution in [0.4, 0.5) is 14.9 Å². The van der Waals surface area contributed by atoms with E-state index in [1.807, 2.05) is 26.8 Å². The number of carbonyl (C=O) groups excluding carboxylic acids is 3. The number of amides is 4. The van der Waals surface area contributed by atoms with Crippen molar-refractivity contribution >= 4 is 52.2 Å². The molecule has 8 heteroatoms. The average Bonchev–Trinajstić information content (AvgIpc) is 2.83. The molecule has 0 bridgehead atoms. The topological polar surface area (TPSA) is 75.7 Å². The number of aryl methyl sites for hydroxylation is 1. The molecule has 1 fully saturated rings. The Morgan fingerprint density at radius 1 is 1.06 bits per heavy atom. The first-order valence-electron chi connectivity index (χ1n) is 11.4. The Balaban J connectivity index is 1.75. The minimum Gasteiger partial charge on any atom is -0.494 e. The second-order valence-corrected chi connectivity index (χ2v) is 9.52. The molecule has 1 aliphatic heterocycles. The lowest BCUT2D eigenvalue weighted by Crippen LogP contribution is -2.54. The van der Waals surface area contributed by atoms with E-state index in [1.54, 1.807) is 42.5 Å². The Morgan fingerprint density at radius 2 is 1.81 bits per heavy atom. The van der Waals surface area contributed by atoms with E-state index in [2.05, 4.69) is 27.9 Å². The number of urea groups is 1. The number of rotatable bonds is 6. The first-order chi connectivity index (χ1) is 17.2. The maximum atomic E-state index is 14.3. The molecule has 0 unspecified atom stereocenters. The number of carbonyl (C=O) groups is 3. The zero-order chi connectivity index (χ0) is 26.0. The summed E-state index contributed by atoms with van der Waals surface area (Å²) < 4.78 is 20.9. The van der Waals surface area contributed by atoms with E-state index in [9.17, 15) is 18.8 Å². The quantitative estimate of drug-likeness (QED) is 0.225. The normalized spacial score (nSPS) is 14.9. The van der Waals surface area contributed by atoms with Gasteiger partial charge < -0.3 is 4.74 Å². The lowest BCUT2D eigenvalue weighted by atomic mass is 10.00. The van der Waals surface area contributed by atoms with Crippen LogP contribution in [0.15, 0.2) is 60.2 Å². The van der Waals surface area contributed by atoms with Gasteiger partial charge in [-0.1, -0.05) is 30.3 Å². The molecular formula is C28H24FIN2O4. The van der Waals surface area contributed by atoms with E-state index in [1.165, 1.54) is 12.1 Å². The van der Waals surface area contributed by atoms with Crippen LogP contribution in [0.25, 0.3) is 6.08 Å². The SMILES string of the molecule is CCOc1cc(/C=C2\C(=O)NC(=O)N(c3cccc(C)c3C)C2=O)cc(I)c1Cc1ccccc1F. The van der Waals surface area contributed by atoms with Crippen LogP contribution in [0.1, 0.15) is 34.7 Å². The lowest BCUT2D eigenvalue weighted by molar-refractivity contribution is -0.122. The van der Waals surface area contributed by atoms with Crippen molar-refractivity contribution in [3.63, 3.8) is 0 Å². The second-order valence-electron chi connectivity index (χ2n) is 8.36. The molecule has 6 nitrogen and oxygen atoms in total. The third kappa shape index (κ3) is 5.04. The predicted molar refractivity (Wildman–Crippen MR) is 144 cm³/mol. The minimum atomic E-state index is -0.791. The molecule has 0 saturated carbocycles. The fraction of sp³-hybridized carbons (Fsp3) is 0.179. The van der Waals surface area contributed by atoms with Crippen molar-refractivity contribution in [1.29, 1.82) is 0 Å². The van der Waals surface area contributed by atoms with Crippen molar-refractivity contribution in [1.82, 2.24) is 5.32 Å². The summed E-state index contributed by atoms with van der Waals surface area (Å²) in [7, 11) is 0. The van der Waals surface area contributed by atoms with Gasteiger partial charge in [0.2, 0.25) is 0 Å². The molecule has 1 N–H and O–H groups in total. The first kappa shape index (κ1) is 25.6. The van der Waals surface area contributed by atoms with Gasteiger partial charge in [0.25, 0.3) is 11.8 Å². The van der Waals surface area contributed by atoms with Gasteiger partial charge in [-0.3, -0.25) is 14.9 Å². The molecule has 4 amide bonds. The predicted octanol–water partition coefficient (Wildman–Crippen LogP) is 5.70. The summed E-state index contributed by atoms with van der Waals surface area (Å²) in [6.07, 6.45) is 1.77. The number of anilines is 1. The summed E-state index contributed by atoms with van der Waals surface area (Å²) in [5.41, 5.74) is 3.81. The van der Waals surface area contributed by atoms with E-state index in [0.717, 1.165) is 25.2 Å². The minimum absolute atomic E-state index is 0.171. The van der Waals surface area contributed by atoms with Gasteiger partial charge in [0.05, 0.1) is 12.3 Å². The van der Waals surface area contributed by atoms with Gasteiger partial charge in [-0.25, -0.2) is 14.1 Å². The highest BCUT2D eigenvalue weighted by Gasteiger charge is 2.37. The van der Waals surface area contributed by atoms with E-state index in [4.69, 9.17) is 4.74 Å². The largest absolute Gasteiger partial charge is 0.494 e. The molecule has 0 aliphatic carbocycles. The molecule has 184 valence electrons. The number of barbiturate groups is 1. The first-order valence-corrected chi connectivity index (χ1v) is 12.5. The molecular weight excluding hydrogens is 574 g/mol. The van der Waals surface area contributed by atoms with E-state index in [0.29, 0.717) is 35.6 Å². The number of hydrogen-bond donors (Lipinski definition) is 1. The summed E-state index contributed by atoms with van der Waals surface area (Å²) in [5.74, 6) is -1.25. The maximum absolute atomic E-state index is 14.3. The second kappa shape index (κ2) is 10.6. The average molecular weight is 598 g/mol. The van der Waals surface area contributed by atoms with Crippen LogP contribution in [0.5, 0.6) is 5.75 Å². The highest BCUT2D eigenvalue weighted by molar-refractivity contribution is 14.1. The molecule has 0 spiro atoms. The maximum Gasteiger partial charge on any atom is 0.335 e. The van der Waals surface area contributed by atoms with Crippen LogP contribution in [0.2, 0.25) is 0 Å². The smallest absolute Gasteiger partial charge is 0.335 e. The molecule has 1 aliphatic rings. The third-order valence-electron chi connectivity index (χ3n) is 6.03. The molecule has 0 radical (unpaired) electrons. The van der Waals surface area contributed by atoms with Gasteiger partial charge in [0.15, 0.2) is 0 Å². The molecule has 3 aromatic rings. The van der Waals surface area contributed by atoms with Crippen molar-refractivity contribution in [3.8, 4) is 5.75 Å². The van der Waals surface area contributed by atoms with E-state index in [-0.39, 0.29) is 11.4 Å². The van der Waals surface area contributed by atoms with Crippen molar-refractivity contribution in [2.75, 3.05) is 11.5 Å². The Bertz CT molecular complexity index is 1420. The highest BCUT2D eigenvalue weighted by atomic mass is 127. The lowest BCUT2D eigenvalue weighted by Gasteiger charge is -2.28. The fourth-order valence-corrected chi connectivity index (χ4v) is 4.84. The van der Waals surface area contributed by atoms with Gasteiger partial charge >= 0.3 is 6.03 Å². The van der Waals surface area contributed by atoms with E-state index < -0.39 is 17.8 Å². The Hall–Kier alpha value is -3.53. The van der Waals surface area contributed by atoms with Gasteiger partial charge in [-0.2, -0.15) is 0 Å². The number of hydrogen-bond acceptors (Lipinski definition) is 4. The zero-order valence-corrected chi connectivity index (χ0v) is 22.2. The summed E-state index contributed by atoms with van der Waals surface area (Å²) in [6, 6.07) is 14.6. The van der Waals surface area contributed by atoms with Crippen LogP contribution in [-0.4, -0.2) is 24.5 Å². The standard InChI is InChI=1S/C28H24FIN2O4/c1-4-36-25-14-18(13-23(30)20(25)15-19-9-5-6-10-22(19)29)12-21-26(33)31-28(35)32(27(21)34)24-11-7-8-16(2)17(24)3/h5-14H,4,15H2,1-3H3,(H,31,33,35)/b21-12+. The zero-order valence-electron chi connectivity index (χ0n) is 20.0. The highest BCUT2D eigenvalue weighted by Crippen LogP contribution is 2.32. The Labute approximate surface area is 222 Å². The number of ether oxygens (including phenoxy) is 1. The molecule has 0 atom stereocenters. The van der Waals surface area contributed by atoms with Gasteiger partial charge in [-0.15, -0.1) is 0 Å². The Kier molecular flexibility index (Phi) is 7.53. The van der Waals surface area contributed by atoms with Crippen LogP contribution >= 0.6 is 22.6 Å². The summed E-state index contributed by atoms with van der Waals surface area (Å²) in [5, 5.41) is 2.26. The number of nitrogens with zero attached hydrogens (tertiary/aromatic N) is 1. The summed E-state index contributed by atoms with van der Waals surface area (Å²) in [6.45, 7) is 5.93. The van der Waals surface area contributed by atoms with Gasteiger partial charge in [-0.05, 0) is 96.0 Å². The van der Waals surface area contributed by atoms with Crippen molar-refractivity contribution < 1.29 is 23.5 Å². The van der Waals surface area contributed by atoms with Gasteiger partial charge in [0, 0.05) is 15.6 Å². The molecule has 4 rings (SSSR count). The molecule has 0 aromatic heterocycles. The number of nitrogens with one attached hydrogen (secondary N) is 1. The third-order valence-corrected chi connectivity index (χ3v) is 6.99. The number of benzene rings is 3. The van der Waals surface area contributed by atoms with Crippen molar-refractivity contribution in [2.45, 2.75) is 27.2 Å². The van der Waals surface area contributed by atoms with Crippen LogP contribution in [0, 0.1) is 23.2 Å². The Morgan fingerprint density at radius 3 is 2.53 bits per heavy atom. The fourth-order valence-electron chi connectivity index (χ4n) is 4.02. The molecule has 36 heavy (non-hydrogen) atoms. The molecule has 1 heterocycles. The summed E-state index contributed by atoms with van der Waals surface area (Å²) in [4.78, 5) is 39.6. The van der Waals surface area contributed by atoms with Crippen molar-refractivity contribution in [3.05, 3.63) is 97.4 Å². The van der Waals surface area contributed by atoms with Crippen molar-refractivity contribution in [2.24, 2.45) is 0 Å². The van der Waals surface area contributed by atoms with Crippen LogP contribution in [-0.2, 0) is 16.0 Å². The number of halogens is 2.